The highest BCUT2D eigenvalue weighted by atomic mass is 28.3. The molecule has 0 fully saturated rings. The second-order valence-corrected chi connectivity index (χ2v) is 18.0. The molecule has 0 N–H and O–H groups in total. The number of pyridine rings is 1. The summed E-state index contributed by atoms with van der Waals surface area (Å²) in [7, 11) is -2.54. The lowest BCUT2D eigenvalue weighted by molar-refractivity contribution is 1.32. The number of benzene rings is 8. The van der Waals surface area contributed by atoms with Crippen molar-refractivity contribution in [2.45, 2.75) is 0 Å². The second kappa shape index (κ2) is 13.8. The topological polar surface area (TPSA) is 12.9 Å². The first kappa shape index (κ1) is 32.8. The van der Waals surface area contributed by atoms with E-state index in [1.807, 2.05) is 12.1 Å². The van der Waals surface area contributed by atoms with Gasteiger partial charge in [0, 0.05) is 11.1 Å². The maximum atomic E-state index is 5.07. The fourth-order valence-electron chi connectivity index (χ4n) is 8.64. The van der Waals surface area contributed by atoms with E-state index in [0.717, 1.165) is 28.1 Å². The van der Waals surface area contributed by atoms with Gasteiger partial charge in [0.2, 0.25) is 0 Å². The maximum Gasteiger partial charge on any atom is 0.180 e. The summed E-state index contributed by atoms with van der Waals surface area (Å²) < 4.78 is 0. The van der Waals surface area contributed by atoms with Crippen LogP contribution in [0.3, 0.4) is 0 Å². The number of hydrogen-bond donors (Lipinski definition) is 0. The number of hydrogen-bond acceptors (Lipinski definition) is 1. The Hall–Kier alpha value is -6.87. The van der Waals surface area contributed by atoms with Crippen molar-refractivity contribution in [1.82, 2.24) is 4.98 Å². The molecule has 2 heterocycles. The molecule has 55 heavy (non-hydrogen) atoms. The van der Waals surface area contributed by atoms with E-state index in [1.165, 1.54) is 59.7 Å². The minimum Gasteiger partial charge on any atom is -0.248 e. The summed E-state index contributed by atoms with van der Waals surface area (Å²) in [5.41, 5.74) is 14.1. The van der Waals surface area contributed by atoms with Gasteiger partial charge in [-0.2, -0.15) is 0 Å². The van der Waals surface area contributed by atoms with Crippen LogP contribution >= 0.6 is 0 Å². The Kier molecular flexibility index (Phi) is 8.24. The molecule has 2 heteroatoms. The first-order valence-corrected chi connectivity index (χ1v) is 21.0. The zero-order valence-corrected chi connectivity index (χ0v) is 31.3. The van der Waals surface area contributed by atoms with Crippen molar-refractivity contribution in [2.75, 3.05) is 0 Å². The Bertz CT molecular complexity index is 2660. The van der Waals surface area contributed by atoms with Crippen molar-refractivity contribution in [3.05, 3.63) is 224 Å². The van der Waals surface area contributed by atoms with Gasteiger partial charge >= 0.3 is 0 Å². The molecule has 1 aliphatic heterocycles. The van der Waals surface area contributed by atoms with E-state index in [-0.39, 0.29) is 0 Å². The lowest BCUT2D eigenvalue weighted by atomic mass is 9.93. The highest BCUT2D eigenvalue weighted by Gasteiger charge is 2.49. The summed E-state index contributed by atoms with van der Waals surface area (Å²) in [5, 5.41) is 5.77. The van der Waals surface area contributed by atoms with E-state index >= 15 is 0 Å². The standard InChI is InChI=1S/C53H37NSi/c1-5-16-42(17-6-1)49-36-44(37-50(54-49)43-18-7-2-8-19-43)40-30-28-38(29-31-40)39-32-34-41(35-33-39)47-25-15-27-52-53(47)48-24-13-14-26-51(48)55(52,45-20-9-3-10-21-45)46-22-11-4-12-23-46/h1-37H. The van der Waals surface area contributed by atoms with Gasteiger partial charge < -0.3 is 0 Å². The Balaban J connectivity index is 1.02. The Labute approximate surface area is 323 Å². The van der Waals surface area contributed by atoms with Crippen LogP contribution in [0.15, 0.2) is 224 Å². The van der Waals surface area contributed by atoms with Crippen LogP contribution in [-0.4, -0.2) is 13.1 Å². The molecule has 0 amide bonds. The lowest BCUT2D eigenvalue weighted by Gasteiger charge is -2.31. The molecule has 1 nitrogen and oxygen atoms in total. The molecular formula is C53H37NSi. The van der Waals surface area contributed by atoms with Gasteiger partial charge in [-0.25, -0.2) is 4.98 Å². The number of fused-ring (bicyclic) bond motifs is 3. The molecular weight excluding hydrogens is 679 g/mol. The molecule has 258 valence electrons. The molecule has 0 atom stereocenters. The average molecular weight is 716 g/mol. The quantitative estimate of drug-likeness (QED) is 0.150. The third-order valence-corrected chi connectivity index (χ3v) is 16.1. The van der Waals surface area contributed by atoms with Gasteiger partial charge in [-0.3, -0.25) is 0 Å². The molecule has 1 aromatic heterocycles. The molecule has 1 aliphatic rings. The Morgan fingerprint density at radius 3 is 1.20 bits per heavy atom. The van der Waals surface area contributed by atoms with Crippen LogP contribution in [0.25, 0.3) is 67.0 Å². The van der Waals surface area contributed by atoms with Gasteiger partial charge in [0.05, 0.1) is 11.4 Å². The SMILES string of the molecule is c1ccc(-c2cc(-c3ccc(-c4ccc(-c5cccc6c5-c5ccccc5[Si]6(c5ccccc5)c5ccccc5)cc4)cc3)cc(-c3ccccc3)n2)cc1. The van der Waals surface area contributed by atoms with Crippen LogP contribution in [-0.2, 0) is 0 Å². The second-order valence-electron chi connectivity index (χ2n) is 14.3. The average Bonchev–Trinajstić information content (AvgIpc) is 3.59. The van der Waals surface area contributed by atoms with Crippen molar-refractivity contribution < 1.29 is 0 Å². The summed E-state index contributed by atoms with van der Waals surface area (Å²) in [6, 6.07) is 81.9. The maximum absolute atomic E-state index is 5.07. The first-order valence-electron chi connectivity index (χ1n) is 19.0. The smallest absolute Gasteiger partial charge is 0.180 e. The molecule has 10 rings (SSSR count). The Morgan fingerprint density at radius 1 is 0.273 bits per heavy atom. The minimum atomic E-state index is -2.54. The number of aromatic nitrogens is 1. The first-order chi connectivity index (χ1) is 27.3. The van der Waals surface area contributed by atoms with Crippen LogP contribution < -0.4 is 20.7 Å². The van der Waals surface area contributed by atoms with Gasteiger partial charge in [-0.15, -0.1) is 0 Å². The third-order valence-electron chi connectivity index (χ3n) is 11.2. The number of nitrogens with zero attached hydrogens (tertiary/aromatic N) is 1. The summed E-state index contributed by atoms with van der Waals surface area (Å²) in [6.45, 7) is 0. The molecule has 8 aromatic carbocycles. The third kappa shape index (κ3) is 5.67. The summed E-state index contributed by atoms with van der Waals surface area (Å²) >= 11 is 0. The summed E-state index contributed by atoms with van der Waals surface area (Å²) in [5.74, 6) is 0. The van der Waals surface area contributed by atoms with E-state index in [1.54, 1.807) is 0 Å². The zero-order valence-electron chi connectivity index (χ0n) is 30.3. The molecule has 0 radical (unpaired) electrons. The Morgan fingerprint density at radius 2 is 0.673 bits per heavy atom. The highest BCUT2D eigenvalue weighted by molar-refractivity contribution is 7.22. The largest absolute Gasteiger partial charge is 0.248 e. The fraction of sp³-hybridized carbons (Fsp3) is 0. The molecule has 0 saturated carbocycles. The van der Waals surface area contributed by atoms with Gasteiger partial charge in [0.15, 0.2) is 8.07 Å². The van der Waals surface area contributed by atoms with E-state index in [9.17, 15) is 0 Å². The van der Waals surface area contributed by atoms with Crippen molar-refractivity contribution in [2.24, 2.45) is 0 Å². The zero-order chi connectivity index (χ0) is 36.6. The lowest BCUT2D eigenvalue weighted by Crippen LogP contribution is -2.72. The van der Waals surface area contributed by atoms with Gasteiger partial charge in [-0.1, -0.05) is 212 Å². The molecule has 0 unspecified atom stereocenters. The van der Waals surface area contributed by atoms with Crippen molar-refractivity contribution in [3.8, 4) is 67.0 Å². The van der Waals surface area contributed by atoms with E-state index in [2.05, 4.69) is 212 Å². The van der Waals surface area contributed by atoms with Crippen molar-refractivity contribution in [3.63, 3.8) is 0 Å². The van der Waals surface area contributed by atoms with E-state index < -0.39 is 8.07 Å². The fourth-order valence-corrected chi connectivity index (χ4v) is 13.8. The van der Waals surface area contributed by atoms with Crippen LogP contribution in [0, 0.1) is 0 Å². The van der Waals surface area contributed by atoms with E-state index in [0.29, 0.717) is 0 Å². The molecule has 0 spiro atoms. The van der Waals surface area contributed by atoms with Crippen LogP contribution in [0.2, 0.25) is 0 Å². The van der Waals surface area contributed by atoms with Gasteiger partial charge in [-0.05, 0) is 77.4 Å². The van der Waals surface area contributed by atoms with Crippen LogP contribution in [0.1, 0.15) is 0 Å². The van der Waals surface area contributed by atoms with Gasteiger partial charge in [0.1, 0.15) is 0 Å². The summed E-state index contributed by atoms with van der Waals surface area (Å²) in [6.07, 6.45) is 0. The monoisotopic (exact) mass is 715 g/mol. The van der Waals surface area contributed by atoms with Gasteiger partial charge in [0.25, 0.3) is 0 Å². The predicted molar refractivity (Wildman–Crippen MR) is 234 cm³/mol. The molecule has 0 aliphatic carbocycles. The molecule has 0 bridgehead atoms. The van der Waals surface area contributed by atoms with Crippen molar-refractivity contribution in [1.29, 1.82) is 0 Å². The minimum absolute atomic E-state index is 0.971. The van der Waals surface area contributed by atoms with E-state index in [4.69, 9.17) is 4.98 Å². The number of rotatable bonds is 7. The summed E-state index contributed by atoms with van der Waals surface area (Å²) in [4.78, 5) is 5.07. The normalized spacial score (nSPS) is 12.5. The van der Waals surface area contributed by atoms with Crippen LogP contribution in [0.4, 0.5) is 0 Å². The highest BCUT2D eigenvalue weighted by Crippen LogP contribution is 2.38. The van der Waals surface area contributed by atoms with Crippen molar-refractivity contribution >= 4 is 28.8 Å². The van der Waals surface area contributed by atoms with Crippen LogP contribution in [0.5, 0.6) is 0 Å². The predicted octanol–water partition coefficient (Wildman–Crippen LogP) is 10.8. The molecule has 9 aromatic rings. The molecule has 0 saturated heterocycles.